The average Bonchev–Trinajstić information content (AvgIpc) is 2.14. The van der Waals surface area contributed by atoms with Crippen molar-refractivity contribution in [2.24, 2.45) is 0 Å². The Morgan fingerprint density at radius 3 is 2.17 bits per heavy atom. The fourth-order valence-corrected chi connectivity index (χ4v) is 1.37. The Balaban J connectivity index is 4.25. The Morgan fingerprint density at radius 2 is 1.78 bits per heavy atom. The molecule has 18 heavy (non-hydrogen) atoms. The van der Waals surface area contributed by atoms with Crippen LogP contribution in [0.25, 0.3) is 0 Å². The second-order valence-corrected chi connectivity index (χ2v) is 4.30. The van der Waals surface area contributed by atoms with Crippen LogP contribution < -0.4 is 0 Å². The maximum atomic E-state index is 11.2. The predicted octanol–water partition coefficient (Wildman–Crippen LogP) is 0.399. The van der Waals surface area contributed by atoms with E-state index in [1.807, 2.05) is 0 Å². The minimum Gasteiger partial charge on any atom is -0.481 e. The van der Waals surface area contributed by atoms with Gasteiger partial charge in [-0.1, -0.05) is 0 Å². The van der Waals surface area contributed by atoms with Gasteiger partial charge in [0.15, 0.2) is 5.60 Å². The summed E-state index contributed by atoms with van der Waals surface area (Å²) in [7, 11) is 0. The van der Waals surface area contributed by atoms with Crippen molar-refractivity contribution >= 4 is 17.9 Å². The highest BCUT2D eigenvalue weighted by Gasteiger charge is 2.38. The summed E-state index contributed by atoms with van der Waals surface area (Å²) in [6, 6.07) is 0. The molecule has 0 radical (unpaired) electrons. The normalized spacial score (nSPS) is 14.0. The molecule has 0 rings (SSSR count). The van der Waals surface area contributed by atoms with Crippen molar-refractivity contribution in [3.05, 3.63) is 0 Å². The minimum absolute atomic E-state index is 0.0433. The predicted molar refractivity (Wildman–Crippen MR) is 59.9 cm³/mol. The van der Waals surface area contributed by atoms with Crippen LogP contribution in [0.5, 0.6) is 0 Å². The number of hydrogen-bond donors (Lipinski definition) is 3. The van der Waals surface area contributed by atoms with Gasteiger partial charge in [-0.05, 0) is 26.7 Å². The van der Waals surface area contributed by atoms with Gasteiger partial charge < -0.3 is 20.1 Å². The van der Waals surface area contributed by atoms with Crippen LogP contribution in [0.2, 0.25) is 0 Å². The second kappa shape index (κ2) is 6.95. The molecule has 0 saturated carbocycles. The number of carbonyl (C=O) groups is 3. The molecule has 1 atom stereocenters. The van der Waals surface area contributed by atoms with Gasteiger partial charge in [0.2, 0.25) is 0 Å². The summed E-state index contributed by atoms with van der Waals surface area (Å²) in [5.41, 5.74) is -2.34. The zero-order chi connectivity index (χ0) is 14.3. The summed E-state index contributed by atoms with van der Waals surface area (Å²) in [5, 5.41) is 26.9. The minimum atomic E-state index is -2.34. The maximum absolute atomic E-state index is 11.2. The van der Waals surface area contributed by atoms with E-state index in [9.17, 15) is 19.5 Å². The molecule has 104 valence electrons. The first kappa shape index (κ1) is 16.4. The molecule has 0 bridgehead atoms. The van der Waals surface area contributed by atoms with Crippen molar-refractivity contribution in [3.63, 3.8) is 0 Å². The van der Waals surface area contributed by atoms with Gasteiger partial charge in [0.25, 0.3) is 0 Å². The topological polar surface area (TPSA) is 121 Å². The lowest BCUT2D eigenvalue weighted by Gasteiger charge is -2.21. The van der Waals surface area contributed by atoms with Gasteiger partial charge in [0, 0.05) is 6.42 Å². The van der Waals surface area contributed by atoms with Crippen molar-refractivity contribution in [3.8, 4) is 0 Å². The smallest absolute Gasteiger partial charge is 0.336 e. The van der Waals surface area contributed by atoms with Gasteiger partial charge in [-0.15, -0.1) is 0 Å². The molecule has 0 aliphatic carbocycles. The molecule has 7 nitrogen and oxygen atoms in total. The molecular weight excluding hydrogens is 244 g/mol. The van der Waals surface area contributed by atoms with E-state index in [0.29, 0.717) is 0 Å². The fourth-order valence-electron chi connectivity index (χ4n) is 1.37. The summed E-state index contributed by atoms with van der Waals surface area (Å²) >= 11 is 0. The van der Waals surface area contributed by atoms with Crippen molar-refractivity contribution in [1.29, 1.82) is 0 Å². The number of rotatable bonds is 8. The molecule has 7 heteroatoms. The van der Waals surface area contributed by atoms with E-state index in [1.54, 1.807) is 13.8 Å². The fraction of sp³-hybridized carbons (Fsp3) is 0.727. The summed E-state index contributed by atoms with van der Waals surface area (Å²) < 4.78 is 4.82. The van der Waals surface area contributed by atoms with Crippen molar-refractivity contribution < 1.29 is 34.4 Å². The molecule has 0 aromatic carbocycles. The molecule has 0 fully saturated rings. The van der Waals surface area contributed by atoms with Gasteiger partial charge in [0.1, 0.15) is 0 Å². The lowest BCUT2D eigenvalue weighted by atomic mass is 9.93. The van der Waals surface area contributed by atoms with Crippen LogP contribution in [-0.2, 0) is 19.1 Å². The van der Waals surface area contributed by atoms with E-state index in [1.165, 1.54) is 0 Å². The van der Waals surface area contributed by atoms with Crippen LogP contribution in [0.3, 0.4) is 0 Å². The molecule has 0 aliphatic heterocycles. The zero-order valence-corrected chi connectivity index (χ0v) is 10.4. The third-order valence-electron chi connectivity index (χ3n) is 2.18. The van der Waals surface area contributed by atoms with E-state index < -0.39 is 29.9 Å². The highest BCUT2D eigenvalue weighted by Crippen LogP contribution is 2.19. The Bertz CT molecular complexity index is 323. The van der Waals surface area contributed by atoms with Gasteiger partial charge in [-0.2, -0.15) is 0 Å². The monoisotopic (exact) mass is 262 g/mol. The van der Waals surface area contributed by atoms with Crippen LogP contribution in [0, 0.1) is 0 Å². The van der Waals surface area contributed by atoms with Crippen LogP contribution in [-0.4, -0.2) is 44.9 Å². The third kappa shape index (κ3) is 6.19. The maximum Gasteiger partial charge on any atom is 0.336 e. The zero-order valence-electron chi connectivity index (χ0n) is 10.4. The number of aliphatic hydroxyl groups is 1. The lowest BCUT2D eigenvalue weighted by molar-refractivity contribution is -0.166. The number of aliphatic carboxylic acids is 2. The van der Waals surface area contributed by atoms with Gasteiger partial charge in [0.05, 0.1) is 12.5 Å². The number of carboxylic acids is 2. The Labute approximate surface area is 104 Å². The number of esters is 1. The molecule has 0 saturated heterocycles. The quantitative estimate of drug-likeness (QED) is 0.541. The van der Waals surface area contributed by atoms with E-state index in [0.717, 1.165) is 0 Å². The summed E-state index contributed by atoms with van der Waals surface area (Å²) in [4.78, 5) is 32.4. The number of hydrogen-bond acceptors (Lipinski definition) is 5. The summed E-state index contributed by atoms with van der Waals surface area (Å²) in [5.74, 6) is -3.53. The number of carboxylic acid groups (broad SMARTS) is 2. The second-order valence-electron chi connectivity index (χ2n) is 4.30. The van der Waals surface area contributed by atoms with Crippen molar-refractivity contribution in [2.45, 2.75) is 51.2 Å². The highest BCUT2D eigenvalue weighted by atomic mass is 16.5. The standard InChI is InChI=1S/C11H18O7/c1-7(2)18-9(14)4-3-5-11(17,10(15)16)6-8(12)13/h7,17H,3-6H2,1-2H3,(H,12,13)(H,15,16). The van der Waals surface area contributed by atoms with E-state index in [2.05, 4.69) is 0 Å². The molecule has 0 spiro atoms. The average molecular weight is 262 g/mol. The Morgan fingerprint density at radius 1 is 1.22 bits per heavy atom. The SMILES string of the molecule is CC(C)OC(=O)CCCC(O)(CC(=O)O)C(=O)O. The Kier molecular flexibility index (Phi) is 6.32. The molecule has 0 amide bonds. The van der Waals surface area contributed by atoms with Crippen LogP contribution in [0.15, 0.2) is 0 Å². The van der Waals surface area contributed by atoms with Crippen LogP contribution in [0.1, 0.15) is 39.5 Å². The largest absolute Gasteiger partial charge is 0.481 e. The van der Waals surface area contributed by atoms with Crippen molar-refractivity contribution in [2.75, 3.05) is 0 Å². The first-order chi connectivity index (χ1) is 8.17. The van der Waals surface area contributed by atoms with E-state index >= 15 is 0 Å². The third-order valence-corrected chi connectivity index (χ3v) is 2.18. The molecule has 0 aliphatic rings. The van der Waals surface area contributed by atoms with Gasteiger partial charge >= 0.3 is 17.9 Å². The molecule has 0 aromatic heterocycles. The first-order valence-electron chi connectivity index (χ1n) is 5.54. The molecule has 1 unspecified atom stereocenters. The number of carbonyl (C=O) groups excluding carboxylic acids is 1. The lowest BCUT2D eigenvalue weighted by Crippen LogP contribution is -2.40. The van der Waals surface area contributed by atoms with Crippen LogP contribution >= 0.6 is 0 Å². The molecule has 3 N–H and O–H groups in total. The molecule has 0 aromatic rings. The van der Waals surface area contributed by atoms with Crippen molar-refractivity contribution in [1.82, 2.24) is 0 Å². The van der Waals surface area contributed by atoms with E-state index in [-0.39, 0.29) is 25.4 Å². The number of ether oxygens (including phenoxy) is 1. The first-order valence-corrected chi connectivity index (χ1v) is 5.54. The molecule has 0 heterocycles. The summed E-state index contributed by atoms with van der Waals surface area (Å²) in [6.45, 7) is 3.35. The highest BCUT2D eigenvalue weighted by molar-refractivity contribution is 5.83. The summed E-state index contributed by atoms with van der Waals surface area (Å²) in [6.07, 6.45) is -1.51. The molecular formula is C11H18O7. The van der Waals surface area contributed by atoms with Crippen LogP contribution in [0.4, 0.5) is 0 Å². The van der Waals surface area contributed by atoms with Gasteiger partial charge in [-0.25, -0.2) is 4.79 Å². The van der Waals surface area contributed by atoms with E-state index in [4.69, 9.17) is 14.9 Å². The van der Waals surface area contributed by atoms with Gasteiger partial charge in [-0.3, -0.25) is 9.59 Å². The Hall–Kier alpha value is -1.63.